The number of nitrogens with one attached hydrogen (secondary N) is 1. The van der Waals surface area contributed by atoms with Gasteiger partial charge >= 0.3 is 6.01 Å². The standard InChI is InChI=1S/C18H13FN4O2/c1-11-7-8-13(9-15(11)19)25-18-21-16-14(17(24)22-18)10-20-23(16)12-5-3-2-4-6-12/h2-10H,1H3,(H,21,22,24). The van der Waals surface area contributed by atoms with Crippen molar-refractivity contribution < 1.29 is 9.13 Å². The van der Waals surface area contributed by atoms with E-state index in [-0.39, 0.29) is 17.3 Å². The van der Waals surface area contributed by atoms with Gasteiger partial charge in [-0.1, -0.05) is 24.3 Å². The lowest BCUT2D eigenvalue weighted by Gasteiger charge is -2.07. The maximum absolute atomic E-state index is 13.7. The molecule has 0 bridgehead atoms. The summed E-state index contributed by atoms with van der Waals surface area (Å²) in [7, 11) is 0. The molecule has 0 aliphatic rings. The molecule has 7 heteroatoms. The molecule has 0 amide bonds. The molecule has 4 rings (SSSR count). The highest BCUT2D eigenvalue weighted by Crippen LogP contribution is 2.22. The number of para-hydroxylation sites is 1. The molecule has 0 unspecified atom stereocenters. The second-order valence-corrected chi connectivity index (χ2v) is 5.51. The smallest absolute Gasteiger partial charge is 0.304 e. The van der Waals surface area contributed by atoms with E-state index in [0.29, 0.717) is 16.6 Å². The molecule has 2 aromatic heterocycles. The molecule has 0 fully saturated rings. The monoisotopic (exact) mass is 336 g/mol. The number of aromatic amines is 1. The Morgan fingerprint density at radius 2 is 1.96 bits per heavy atom. The van der Waals surface area contributed by atoms with Gasteiger partial charge in [0.25, 0.3) is 5.56 Å². The number of halogens is 1. The normalized spacial score (nSPS) is 11.0. The van der Waals surface area contributed by atoms with Crippen LogP contribution in [-0.4, -0.2) is 19.7 Å². The maximum atomic E-state index is 13.7. The van der Waals surface area contributed by atoms with Gasteiger partial charge in [0, 0.05) is 6.07 Å². The molecule has 6 nitrogen and oxygen atoms in total. The first-order valence-corrected chi connectivity index (χ1v) is 7.59. The molecule has 2 aromatic carbocycles. The van der Waals surface area contributed by atoms with E-state index in [9.17, 15) is 9.18 Å². The summed E-state index contributed by atoms with van der Waals surface area (Å²) in [5.41, 5.74) is 1.25. The lowest BCUT2D eigenvalue weighted by atomic mass is 10.2. The van der Waals surface area contributed by atoms with Gasteiger partial charge in [0.15, 0.2) is 5.65 Å². The number of hydrogen-bond acceptors (Lipinski definition) is 4. The fourth-order valence-corrected chi connectivity index (χ4v) is 2.45. The van der Waals surface area contributed by atoms with Crippen LogP contribution < -0.4 is 10.3 Å². The van der Waals surface area contributed by atoms with Gasteiger partial charge in [-0.2, -0.15) is 10.1 Å². The number of H-pyrrole nitrogens is 1. The molecule has 1 N–H and O–H groups in total. The van der Waals surface area contributed by atoms with Crippen molar-refractivity contribution in [3.8, 4) is 17.4 Å². The Balaban J connectivity index is 1.80. The molecule has 4 aromatic rings. The summed E-state index contributed by atoms with van der Waals surface area (Å²) in [6, 6.07) is 13.7. The molecule has 0 atom stereocenters. The van der Waals surface area contributed by atoms with Crippen LogP contribution in [0.4, 0.5) is 4.39 Å². The van der Waals surface area contributed by atoms with E-state index in [2.05, 4.69) is 15.1 Å². The number of nitrogens with zero attached hydrogens (tertiary/aromatic N) is 3. The van der Waals surface area contributed by atoms with Crippen LogP contribution in [-0.2, 0) is 0 Å². The van der Waals surface area contributed by atoms with Crippen molar-refractivity contribution in [2.24, 2.45) is 0 Å². The molecule has 25 heavy (non-hydrogen) atoms. The van der Waals surface area contributed by atoms with E-state index in [1.165, 1.54) is 12.3 Å². The molecule has 0 saturated heterocycles. The van der Waals surface area contributed by atoms with Crippen LogP contribution in [0.15, 0.2) is 59.5 Å². The molecule has 0 saturated carbocycles. The first kappa shape index (κ1) is 15.1. The summed E-state index contributed by atoms with van der Waals surface area (Å²) < 4.78 is 20.7. The molecule has 124 valence electrons. The zero-order valence-corrected chi connectivity index (χ0v) is 13.2. The number of aromatic nitrogens is 4. The van der Waals surface area contributed by atoms with Gasteiger partial charge in [-0.25, -0.2) is 9.07 Å². The van der Waals surface area contributed by atoms with Crippen molar-refractivity contribution >= 4 is 11.0 Å². The third-order valence-corrected chi connectivity index (χ3v) is 3.77. The number of fused-ring (bicyclic) bond motifs is 1. The Morgan fingerprint density at radius 1 is 1.16 bits per heavy atom. The van der Waals surface area contributed by atoms with Crippen LogP contribution >= 0.6 is 0 Å². The van der Waals surface area contributed by atoms with Gasteiger partial charge in [-0.15, -0.1) is 0 Å². The zero-order chi connectivity index (χ0) is 17.4. The zero-order valence-electron chi connectivity index (χ0n) is 13.2. The molecule has 0 aliphatic carbocycles. The van der Waals surface area contributed by atoms with Crippen molar-refractivity contribution in [3.05, 3.63) is 76.5 Å². The van der Waals surface area contributed by atoms with E-state index in [1.807, 2.05) is 30.3 Å². The molecule has 0 radical (unpaired) electrons. The third kappa shape index (κ3) is 2.76. The van der Waals surface area contributed by atoms with E-state index in [0.717, 1.165) is 5.69 Å². The quantitative estimate of drug-likeness (QED) is 0.623. The SMILES string of the molecule is Cc1ccc(Oc2nc3c(cnn3-c3ccccc3)c(=O)[nH]2)cc1F. The summed E-state index contributed by atoms with van der Waals surface area (Å²) in [5.74, 6) is -0.147. The van der Waals surface area contributed by atoms with Gasteiger partial charge in [0.1, 0.15) is 17.0 Å². The highest BCUT2D eigenvalue weighted by atomic mass is 19.1. The Hall–Kier alpha value is -3.48. The summed E-state index contributed by atoms with van der Waals surface area (Å²) >= 11 is 0. The molecular weight excluding hydrogens is 323 g/mol. The number of rotatable bonds is 3. The van der Waals surface area contributed by atoms with Crippen molar-refractivity contribution in [1.82, 2.24) is 19.7 Å². The van der Waals surface area contributed by atoms with E-state index < -0.39 is 5.82 Å². The summed E-state index contributed by atoms with van der Waals surface area (Å²) in [4.78, 5) is 19.1. The second-order valence-electron chi connectivity index (χ2n) is 5.51. The molecule has 0 spiro atoms. The van der Waals surface area contributed by atoms with Crippen LogP contribution in [0.2, 0.25) is 0 Å². The van der Waals surface area contributed by atoms with Crippen molar-refractivity contribution in [2.45, 2.75) is 6.92 Å². The van der Waals surface area contributed by atoms with E-state index >= 15 is 0 Å². The Morgan fingerprint density at radius 3 is 2.72 bits per heavy atom. The van der Waals surface area contributed by atoms with Crippen LogP contribution in [0.3, 0.4) is 0 Å². The number of benzene rings is 2. The van der Waals surface area contributed by atoms with Crippen molar-refractivity contribution in [2.75, 3.05) is 0 Å². The van der Waals surface area contributed by atoms with Gasteiger partial charge in [0.05, 0.1) is 11.9 Å². The average Bonchev–Trinajstić information content (AvgIpc) is 3.03. The van der Waals surface area contributed by atoms with Gasteiger partial charge < -0.3 is 4.74 Å². The van der Waals surface area contributed by atoms with Crippen molar-refractivity contribution in [3.63, 3.8) is 0 Å². The average molecular weight is 336 g/mol. The largest absolute Gasteiger partial charge is 0.425 e. The van der Waals surface area contributed by atoms with E-state index in [4.69, 9.17) is 4.74 Å². The minimum Gasteiger partial charge on any atom is -0.425 e. The molecular formula is C18H13FN4O2. The van der Waals surface area contributed by atoms with Crippen LogP contribution in [0.1, 0.15) is 5.56 Å². The van der Waals surface area contributed by atoms with Crippen LogP contribution in [0, 0.1) is 12.7 Å². The Bertz CT molecular complexity index is 1120. The minimum atomic E-state index is -0.393. The Kier molecular flexibility index (Phi) is 3.53. The highest BCUT2D eigenvalue weighted by molar-refractivity contribution is 5.75. The fraction of sp³-hybridized carbons (Fsp3) is 0.0556. The summed E-state index contributed by atoms with van der Waals surface area (Å²) in [6.07, 6.45) is 1.45. The third-order valence-electron chi connectivity index (χ3n) is 3.77. The maximum Gasteiger partial charge on any atom is 0.304 e. The molecule has 2 heterocycles. The first-order chi connectivity index (χ1) is 12.1. The van der Waals surface area contributed by atoms with Crippen LogP contribution in [0.5, 0.6) is 11.8 Å². The van der Waals surface area contributed by atoms with Gasteiger partial charge in [-0.3, -0.25) is 9.78 Å². The highest BCUT2D eigenvalue weighted by Gasteiger charge is 2.13. The predicted molar refractivity (Wildman–Crippen MR) is 90.7 cm³/mol. The Labute approximate surface area is 141 Å². The minimum absolute atomic E-state index is 0.0292. The summed E-state index contributed by atoms with van der Waals surface area (Å²) in [5, 5.41) is 4.56. The number of aryl methyl sites for hydroxylation is 1. The predicted octanol–water partition coefficient (Wildman–Crippen LogP) is 3.35. The van der Waals surface area contributed by atoms with E-state index in [1.54, 1.807) is 23.7 Å². The number of ether oxygens (including phenoxy) is 1. The second kappa shape index (κ2) is 5.86. The number of hydrogen-bond donors (Lipinski definition) is 1. The lowest BCUT2D eigenvalue weighted by Crippen LogP contribution is -2.10. The first-order valence-electron chi connectivity index (χ1n) is 7.59. The molecule has 0 aliphatic heterocycles. The topological polar surface area (TPSA) is 72.8 Å². The summed E-state index contributed by atoms with van der Waals surface area (Å²) in [6.45, 7) is 1.66. The van der Waals surface area contributed by atoms with Gasteiger partial charge in [0.2, 0.25) is 0 Å². The van der Waals surface area contributed by atoms with Gasteiger partial charge in [-0.05, 0) is 30.7 Å². The lowest BCUT2D eigenvalue weighted by molar-refractivity contribution is 0.437. The van der Waals surface area contributed by atoms with Crippen LogP contribution in [0.25, 0.3) is 16.7 Å². The van der Waals surface area contributed by atoms with Crippen molar-refractivity contribution in [1.29, 1.82) is 0 Å². The fourth-order valence-electron chi connectivity index (χ4n) is 2.45.